The monoisotopic (exact) mass is 342 g/mol. The van der Waals surface area contributed by atoms with Gasteiger partial charge in [0.25, 0.3) is 0 Å². The van der Waals surface area contributed by atoms with Crippen molar-refractivity contribution in [2.24, 2.45) is 0 Å². The first-order chi connectivity index (χ1) is 12.8. The summed E-state index contributed by atoms with van der Waals surface area (Å²) >= 11 is 0. The van der Waals surface area contributed by atoms with Crippen LogP contribution in [-0.2, 0) is 9.53 Å². The molecule has 0 saturated carbocycles. The van der Waals surface area contributed by atoms with Gasteiger partial charge < -0.3 is 4.74 Å². The summed E-state index contributed by atoms with van der Waals surface area (Å²) in [6.45, 7) is 0. The van der Waals surface area contributed by atoms with E-state index in [4.69, 9.17) is 4.74 Å². The number of hydrogen-bond acceptors (Lipinski definition) is 3. The number of ether oxygens (including phenoxy) is 1. The van der Waals surface area contributed by atoms with Gasteiger partial charge in [0.15, 0.2) is 6.10 Å². The van der Waals surface area contributed by atoms with Crippen LogP contribution in [0.2, 0.25) is 0 Å². The van der Waals surface area contributed by atoms with Crippen LogP contribution in [0, 0.1) is 0 Å². The molecule has 1 aliphatic rings. The SMILES string of the molecule is O=C(c1ccccc1)[C@H]1OC(=O)[C@H](c2ccccc2)[C@@H]1c1ccccc1. The topological polar surface area (TPSA) is 43.4 Å². The second-order valence-electron chi connectivity index (χ2n) is 6.41. The van der Waals surface area contributed by atoms with E-state index in [0.717, 1.165) is 11.1 Å². The van der Waals surface area contributed by atoms with Gasteiger partial charge >= 0.3 is 5.97 Å². The number of cyclic esters (lactones) is 1. The van der Waals surface area contributed by atoms with Crippen LogP contribution in [-0.4, -0.2) is 17.9 Å². The van der Waals surface area contributed by atoms with Crippen LogP contribution in [0.1, 0.15) is 33.3 Å². The van der Waals surface area contributed by atoms with Gasteiger partial charge in [-0.05, 0) is 11.1 Å². The first kappa shape index (κ1) is 16.3. The van der Waals surface area contributed by atoms with Crippen LogP contribution < -0.4 is 0 Å². The number of Topliss-reactive ketones (excluding diaryl/α,β-unsaturated/α-hetero) is 1. The Kier molecular flexibility index (Phi) is 4.36. The Hall–Kier alpha value is -3.20. The van der Waals surface area contributed by atoms with Crippen molar-refractivity contribution in [2.75, 3.05) is 0 Å². The number of esters is 1. The lowest BCUT2D eigenvalue weighted by Gasteiger charge is -2.21. The summed E-state index contributed by atoms with van der Waals surface area (Å²) in [5.41, 5.74) is 2.36. The largest absolute Gasteiger partial charge is 0.453 e. The molecule has 26 heavy (non-hydrogen) atoms. The van der Waals surface area contributed by atoms with E-state index in [9.17, 15) is 9.59 Å². The van der Waals surface area contributed by atoms with Crippen LogP contribution >= 0.6 is 0 Å². The molecule has 3 aromatic rings. The second-order valence-corrected chi connectivity index (χ2v) is 6.41. The maximum absolute atomic E-state index is 13.1. The Balaban J connectivity index is 1.79. The Morgan fingerprint density at radius 3 is 1.77 bits per heavy atom. The summed E-state index contributed by atoms with van der Waals surface area (Å²) in [6, 6.07) is 28.2. The lowest BCUT2D eigenvalue weighted by molar-refractivity contribution is -0.141. The van der Waals surface area contributed by atoms with Gasteiger partial charge in [-0.25, -0.2) is 0 Å². The van der Waals surface area contributed by atoms with Gasteiger partial charge in [0.1, 0.15) is 0 Å². The van der Waals surface area contributed by atoms with E-state index >= 15 is 0 Å². The van der Waals surface area contributed by atoms with Crippen molar-refractivity contribution in [1.29, 1.82) is 0 Å². The molecule has 0 radical (unpaired) electrons. The number of rotatable bonds is 4. The molecule has 0 amide bonds. The van der Waals surface area contributed by atoms with E-state index in [1.54, 1.807) is 12.1 Å². The van der Waals surface area contributed by atoms with Crippen LogP contribution in [0.25, 0.3) is 0 Å². The molecule has 1 saturated heterocycles. The van der Waals surface area contributed by atoms with Crippen LogP contribution in [0.4, 0.5) is 0 Å². The van der Waals surface area contributed by atoms with E-state index in [1.807, 2.05) is 78.9 Å². The first-order valence-corrected chi connectivity index (χ1v) is 8.65. The smallest absolute Gasteiger partial charge is 0.314 e. The quantitative estimate of drug-likeness (QED) is 0.522. The molecular weight excluding hydrogens is 324 g/mol. The Morgan fingerprint density at radius 2 is 1.19 bits per heavy atom. The molecule has 0 spiro atoms. The summed E-state index contributed by atoms with van der Waals surface area (Å²) in [7, 11) is 0. The lowest BCUT2D eigenvalue weighted by atomic mass is 9.78. The first-order valence-electron chi connectivity index (χ1n) is 8.65. The minimum Gasteiger partial charge on any atom is -0.453 e. The predicted molar refractivity (Wildman–Crippen MR) is 99.0 cm³/mol. The third-order valence-corrected chi connectivity index (χ3v) is 4.84. The van der Waals surface area contributed by atoms with Gasteiger partial charge in [-0.3, -0.25) is 9.59 Å². The van der Waals surface area contributed by atoms with E-state index < -0.39 is 12.0 Å². The molecule has 4 rings (SSSR count). The fourth-order valence-corrected chi connectivity index (χ4v) is 3.62. The number of carbonyl (C=O) groups excluding carboxylic acids is 2. The minimum atomic E-state index is -0.822. The molecule has 1 fully saturated rings. The highest BCUT2D eigenvalue weighted by molar-refractivity contribution is 6.03. The number of hydrogen-bond donors (Lipinski definition) is 0. The highest BCUT2D eigenvalue weighted by Crippen LogP contribution is 2.44. The summed E-state index contributed by atoms with van der Waals surface area (Å²) in [4.78, 5) is 25.8. The molecule has 0 aliphatic carbocycles. The van der Waals surface area contributed by atoms with Crippen molar-refractivity contribution in [2.45, 2.75) is 17.9 Å². The highest BCUT2D eigenvalue weighted by atomic mass is 16.6. The van der Waals surface area contributed by atoms with Crippen LogP contribution in [0.3, 0.4) is 0 Å². The molecule has 0 bridgehead atoms. The molecule has 128 valence electrons. The maximum Gasteiger partial charge on any atom is 0.314 e. The average Bonchev–Trinajstić information content (AvgIpc) is 3.06. The Bertz CT molecular complexity index is 904. The molecule has 0 aromatic heterocycles. The van der Waals surface area contributed by atoms with Crippen molar-refractivity contribution in [3.05, 3.63) is 108 Å². The standard InChI is InChI=1S/C23H18O3/c24-21(18-14-8-3-9-15-18)22-19(16-10-4-1-5-11-16)20(23(25)26-22)17-12-6-2-7-13-17/h1-15,19-20,22H/t19-,20+,22-/m0/s1. The number of benzene rings is 3. The van der Waals surface area contributed by atoms with Gasteiger partial charge in [-0.15, -0.1) is 0 Å². The van der Waals surface area contributed by atoms with E-state index in [0.29, 0.717) is 5.56 Å². The summed E-state index contributed by atoms with van der Waals surface area (Å²) < 4.78 is 5.62. The van der Waals surface area contributed by atoms with Crippen molar-refractivity contribution in [3.8, 4) is 0 Å². The molecule has 0 N–H and O–H groups in total. The second kappa shape index (κ2) is 6.96. The molecule has 3 aromatic carbocycles. The normalized spacial score (nSPS) is 22.0. The van der Waals surface area contributed by atoms with E-state index in [2.05, 4.69) is 0 Å². The van der Waals surface area contributed by atoms with Gasteiger partial charge in [-0.2, -0.15) is 0 Å². The van der Waals surface area contributed by atoms with Crippen molar-refractivity contribution < 1.29 is 14.3 Å². The lowest BCUT2D eigenvalue weighted by Crippen LogP contribution is -2.27. The molecule has 0 unspecified atom stereocenters. The minimum absolute atomic E-state index is 0.161. The zero-order valence-corrected chi connectivity index (χ0v) is 14.1. The fourth-order valence-electron chi connectivity index (χ4n) is 3.62. The average molecular weight is 342 g/mol. The number of carbonyl (C=O) groups is 2. The highest BCUT2D eigenvalue weighted by Gasteiger charge is 2.49. The van der Waals surface area contributed by atoms with Crippen molar-refractivity contribution in [1.82, 2.24) is 0 Å². The molecule has 3 atom stereocenters. The third-order valence-electron chi connectivity index (χ3n) is 4.84. The third kappa shape index (κ3) is 2.92. The van der Waals surface area contributed by atoms with Gasteiger partial charge in [-0.1, -0.05) is 91.0 Å². The molecular formula is C23H18O3. The van der Waals surface area contributed by atoms with Gasteiger partial charge in [0.2, 0.25) is 5.78 Å². The van der Waals surface area contributed by atoms with Crippen LogP contribution in [0.5, 0.6) is 0 Å². The maximum atomic E-state index is 13.1. The zero-order chi connectivity index (χ0) is 17.9. The molecule has 1 heterocycles. The summed E-state index contributed by atoms with van der Waals surface area (Å²) in [5.74, 6) is -1.35. The fraction of sp³-hybridized carbons (Fsp3) is 0.130. The summed E-state index contributed by atoms with van der Waals surface area (Å²) in [5, 5.41) is 0. The predicted octanol–water partition coefficient (Wildman–Crippen LogP) is 4.36. The zero-order valence-electron chi connectivity index (χ0n) is 14.1. The summed E-state index contributed by atoms with van der Waals surface area (Å²) in [6.07, 6.45) is -0.822. The van der Waals surface area contributed by atoms with Gasteiger partial charge in [0.05, 0.1) is 5.92 Å². The number of ketones is 1. The Labute approximate surface area is 152 Å². The van der Waals surface area contributed by atoms with Gasteiger partial charge in [0, 0.05) is 11.5 Å². The van der Waals surface area contributed by atoms with Crippen LogP contribution in [0.15, 0.2) is 91.0 Å². The molecule has 3 heteroatoms. The van der Waals surface area contributed by atoms with E-state index in [1.165, 1.54) is 0 Å². The van der Waals surface area contributed by atoms with E-state index in [-0.39, 0.29) is 17.7 Å². The van der Waals surface area contributed by atoms with Crippen molar-refractivity contribution >= 4 is 11.8 Å². The molecule has 3 nitrogen and oxygen atoms in total. The Morgan fingerprint density at radius 1 is 0.692 bits per heavy atom. The van der Waals surface area contributed by atoms with Crippen molar-refractivity contribution in [3.63, 3.8) is 0 Å². The molecule has 1 aliphatic heterocycles.